The molecule has 1 aliphatic rings. The van der Waals surface area contributed by atoms with Crippen molar-refractivity contribution in [1.82, 2.24) is 9.13 Å². The summed E-state index contributed by atoms with van der Waals surface area (Å²) < 4.78 is 7.53. The van der Waals surface area contributed by atoms with Crippen LogP contribution >= 0.6 is 0 Å². The normalized spacial score (nSPS) is 13.6. The van der Waals surface area contributed by atoms with E-state index in [1.54, 1.807) is 0 Å². The molecule has 0 fully saturated rings. The van der Waals surface area contributed by atoms with Gasteiger partial charge in [-0.3, -0.25) is 28.5 Å². The lowest BCUT2D eigenvalue weighted by Crippen LogP contribution is -2.33. The Morgan fingerprint density at radius 3 is 2.38 bits per heavy atom. The van der Waals surface area contributed by atoms with Gasteiger partial charge in [-0.05, 0) is 13.0 Å². The number of ketones is 2. The zero-order chi connectivity index (χ0) is 19.3. The lowest BCUT2D eigenvalue weighted by molar-refractivity contribution is -0.142. The molecule has 0 aliphatic heterocycles. The average molecular weight is 356 g/mol. The van der Waals surface area contributed by atoms with Crippen LogP contribution in [0.2, 0.25) is 0 Å². The first-order valence-corrected chi connectivity index (χ1v) is 7.81. The topological polar surface area (TPSA) is 104 Å². The fourth-order valence-corrected chi connectivity index (χ4v) is 3.20. The highest BCUT2D eigenvalue weighted by molar-refractivity contribution is 6.24. The molecule has 0 spiro atoms. The molecule has 0 saturated carbocycles. The van der Waals surface area contributed by atoms with Crippen LogP contribution in [0.4, 0.5) is 0 Å². The van der Waals surface area contributed by atoms with E-state index in [0.29, 0.717) is 0 Å². The number of aromatic nitrogens is 2. The Labute approximate surface area is 147 Å². The van der Waals surface area contributed by atoms with Gasteiger partial charge in [0.1, 0.15) is 17.9 Å². The first-order valence-electron chi connectivity index (χ1n) is 7.81. The van der Waals surface area contributed by atoms with E-state index in [9.17, 15) is 24.0 Å². The molecule has 0 amide bonds. The Bertz CT molecular complexity index is 1160. The van der Waals surface area contributed by atoms with Gasteiger partial charge in [0, 0.05) is 38.2 Å². The molecule has 2 heterocycles. The Hall–Kier alpha value is -3.29. The second-order valence-corrected chi connectivity index (χ2v) is 6.18. The third-order valence-corrected chi connectivity index (χ3v) is 4.43. The van der Waals surface area contributed by atoms with Crippen molar-refractivity contribution in [2.24, 2.45) is 14.1 Å². The van der Waals surface area contributed by atoms with Crippen molar-refractivity contribution in [2.75, 3.05) is 0 Å². The van der Waals surface area contributed by atoms with Gasteiger partial charge in [0.15, 0.2) is 5.78 Å². The molecule has 134 valence electrons. The minimum atomic E-state index is -0.656. The van der Waals surface area contributed by atoms with Crippen molar-refractivity contribution in [3.8, 4) is 0 Å². The van der Waals surface area contributed by atoms with Crippen LogP contribution in [-0.2, 0) is 30.2 Å². The zero-order valence-corrected chi connectivity index (χ0v) is 14.7. The molecule has 26 heavy (non-hydrogen) atoms. The summed E-state index contributed by atoms with van der Waals surface area (Å²) in [5, 5.41) is 0.0745. The first-order chi connectivity index (χ1) is 12.1. The van der Waals surface area contributed by atoms with Crippen LogP contribution in [-0.4, -0.2) is 26.7 Å². The molecule has 8 heteroatoms. The maximum absolute atomic E-state index is 13.1. The molecule has 0 bridgehead atoms. The average Bonchev–Trinajstić information content (AvgIpc) is 2.56. The van der Waals surface area contributed by atoms with Crippen molar-refractivity contribution in [1.29, 1.82) is 0 Å². The maximum atomic E-state index is 13.1. The molecule has 0 unspecified atom stereocenters. The van der Waals surface area contributed by atoms with Gasteiger partial charge in [-0.2, -0.15) is 0 Å². The number of hydrogen-bond acceptors (Lipinski definition) is 6. The summed E-state index contributed by atoms with van der Waals surface area (Å²) in [5.41, 5.74) is -0.838. The highest BCUT2D eigenvalue weighted by atomic mass is 16.5. The standard InChI is InChI=1S/C18H16N2O6/c1-8-5-11(22)15-14(16(8)24)17(25)13-10(7-26-9(2)21)6-12(23)19(3)18(13)20(15)4/h5-6H,7H2,1-4H3. The lowest BCUT2D eigenvalue weighted by Gasteiger charge is -2.20. The molecule has 0 radical (unpaired) electrons. The summed E-state index contributed by atoms with van der Waals surface area (Å²) in [6.45, 7) is 2.39. The SMILES string of the molecule is CC(=O)OCc1cc(=O)n(C)c2c1c(=O)c1c(n2C)C(=O)C=C(C)C1=O. The van der Waals surface area contributed by atoms with Crippen molar-refractivity contribution in [3.05, 3.63) is 55.1 Å². The largest absolute Gasteiger partial charge is 0.461 e. The van der Waals surface area contributed by atoms with E-state index in [1.165, 1.54) is 49.2 Å². The molecule has 0 aromatic carbocycles. The van der Waals surface area contributed by atoms with Crippen LogP contribution in [0.1, 0.15) is 40.3 Å². The predicted molar refractivity (Wildman–Crippen MR) is 92.3 cm³/mol. The lowest BCUT2D eigenvalue weighted by atomic mass is 9.91. The maximum Gasteiger partial charge on any atom is 0.302 e. The van der Waals surface area contributed by atoms with E-state index in [-0.39, 0.29) is 40.0 Å². The van der Waals surface area contributed by atoms with Gasteiger partial charge in [-0.15, -0.1) is 0 Å². The minimum absolute atomic E-state index is 0.0577. The van der Waals surface area contributed by atoms with E-state index in [2.05, 4.69) is 0 Å². The van der Waals surface area contributed by atoms with Gasteiger partial charge in [-0.1, -0.05) is 0 Å². The molecule has 2 aromatic heterocycles. The molecule has 2 aromatic rings. The molecule has 1 aliphatic carbocycles. The molecule has 0 atom stereocenters. The number of allylic oxidation sites excluding steroid dienone is 2. The number of aryl methyl sites for hydroxylation is 2. The Balaban J connectivity index is 2.52. The van der Waals surface area contributed by atoms with Crippen molar-refractivity contribution in [2.45, 2.75) is 20.5 Å². The summed E-state index contributed by atoms with van der Waals surface area (Å²) in [6, 6.07) is 1.19. The van der Waals surface area contributed by atoms with E-state index < -0.39 is 28.5 Å². The van der Waals surface area contributed by atoms with Crippen LogP contribution in [0.3, 0.4) is 0 Å². The number of esters is 1. The summed E-state index contributed by atoms with van der Waals surface area (Å²) >= 11 is 0. The molecule has 0 N–H and O–H groups in total. The number of Topliss-reactive ketones (excluding diaryl/α,β-unsaturated/α-hetero) is 1. The van der Waals surface area contributed by atoms with E-state index >= 15 is 0 Å². The Morgan fingerprint density at radius 2 is 1.77 bits per heavy atom. The third-order valence-electron chi connectivity index (χ3n) is 4.43. The van der Waals surface area contributed by atoms with E-state index in [0.717, 1.165) is 0 Å². The summed E-state index contributed by atoms with van der Waals surface area (Å²) in [7, 11) is 2.97. The van der Waals surface area contributed by atoms with Gasteiger partial charge in [0.2, 0.25) is 11.2 Å². The number of carbonyl (C=O) groups is 3. The van der Waals surface area contributed by atoms with Gasteiger partial charge in [0.05, 0.1) is 10.9 Å². The monoisotopic (exact) mass is 356 g/mol. The molecular formula is C18H16N2O6. The van der Waals surface area contributed by atoms with Crippen molar-refractivity contribution < 1.29 is 19.1 Å². The van der Waals surface area contributed by atoms with Gasteiger partial charge in [-0.25, -0.2) is 0 Å². The van der Waals surface area contributed by atoms with Crippen LogP contribution in [0.25, 0.3) is 11.0 Å². The van der Waals surface area contributed by atoms with E-state index in [1.807, 2.05) is 0 Å². The number of carbonyl (C=O) groups excluding carboxylic acids is 3. The molecular weight excluding hydrogens is 340 g/mol. The number of ether oxygens (including phenoxy) is 1. The van der Waals surface area contributed by atoms with Gasteiger partial charge in [0.25, 0.3) is 5.56 Å². The second kappa shape index (κ2) is 5.91. The first kappa shape index (κ1) is 17.5. The fraction of sp³-hybridized carbons (Fsp3) is 0.278. The third kappa shape index (κ3) is 2.42. The van der Waals surface area contributed by atoms with Crippen molar-refractivity contribution in [3.63, 3.8) is 0 Å². The fourth-order valence-electron chi connectivity index (χ4n) is 3.20. The molecule has 3 rings (SSSR count). The van der Waals surface area contributed by atoms with Gasteiger partial charge >= 0.3 is 5.97 Å². The zero-order valence-electron chi connectivity index (χ0n) is 14.7. The smallest absolute Gasteiger partial charge is 0.302 e. The highest BCUT2D eigenvalue weighted by Crippen LogP contribution is 2.23. The summed E-state index contributed by atoms with van der Waals surface area (Å²) in [4.78, 5) is 61.4. The number of pyridine rings is 2. The Morgan fingerprint density at radius 1 is 1.12 bits per heavy atom. The van der Waals surface area contributed by atoms with E-state index in [4.69, 9.17) is 4.74 Å². The van der Waals surface area contributed by atoms with Crippen LogP contribution in [0.5, 0.6) is 0 Å². The van der Waals surface area contributed by atoms with Crippen LogP contribution in [0.15, 0.2) is 27.3 Å². The number of rotatable bonds is 2. The second-order valence-electron chi connectivity index (χ2n) is 6.18. The van der Waals surface area contributed by atoms with Crippen molar-refractivity contribution >= 4 is 28.6 Å². The molecule has 8 nitrogen and oxygen atoms in total. The number of hydrogen-bond donors (Lipinski definition) is 0. The summed E-state index contributed by atoms with van der Waals surface area (Å²) in [5.74, 6) is -1.58. The predicted octanol–water partition coefficient (Wildman–Crippen LogP) is 0.626. The minimum Gasteiger partial charge on any atom is -0.461 e. The van der Waals surface area contributed by atoms with Gasteiger partial charge < -0.3 is 9.30 Å². The summed E-state index contributed by atoms with van der Waals surface area (Å²) in [6.07, 6.45) is 1.18. The van der Waals surface area contributed by atoms with Crippen LogP contribution < -0.4 is 11.0 Å². The number of nitrogens with zero attached hydrogens (tertiary/aromatic N) is 2. The van der Waals surface area contributed by atoms with Crippen LogP contribution in [0, 0.1) is 0 Å². The highest BCUT2D eigenvalue weighted by Gasteiger charge is 2.31. The molecule has 0 saturated heterocycles. The number of fused-ring (bicyclic) bond motifs is 2. The quantitative estimate of drug-likeness (QED) is 0.731. The Kier molecular flexibility index (Phi) is 3.98.